The molecule has 1 aromatic heterocycles. The maximum absolute atomic E-state index is 9.33. The Labute approximate surface area is 136 Å². The highest BCUT2D eigenvalue weighted by atomic mass is 16.5. The highest BCUT2D eigenvalue weighted by molar-refractivity contribution is 5.57. The molecule has 0 radical (unpaired) electrons. The number of pyridine rings is 1. The third-order valence-electron chi connectivity index (χ3n) is 4.15. The molecule has 0 atom stereocenters. The molecule has 0 amide bonds. The Balaban J connectivity index is 1.97. The first-order valence-electron chi connectivity index (χ1n) is 7.52. The average Bonchev–Trinajstić information content (AvgIpc) is 2.59. The van der Waals surface area contributed by atoms with Crippen LogP contribution < -0.4 is 14.4 Å². The molecule has 1 aliphatic heterocycles. The number of benzene rings is 1. The number of hydrogen-bond donors (Lipinski definition) is 0. The predicted molar refractivity (Wildman–Crippen MR) is 88.0 cm³/mol. The second kappa shape index (κ2) is 6.17. The lowest BCUT2D eigenvalue weighted by atomic mass is 9.98. The van der Waals surface area contributed by atoms with Gasteiger partial charge in [0.05, 0.1) is 19.8 Å². The van der Waals surface area contributed by atoms with E-state index in [2.05, 4.69) is 16.0 Å². The molecule has 23 heavy (non-hydrogen) atoms. The summed E-state index contributed by atoms with van der Waals surface area (Å²) < 4.78 is 10.8. The van der Waals surface area contributed by atoms with E-state index in [-0.39, 0.29) is 0 Å². The summed E-state index contributed by atoms with van der Waals surface area (Å²) in [5.74, 6) is 2.24. The molecule has 1 aliphatic rings. The molecule has 1 aromatic carbocycles. The number of methoxy groups -OCH3 is 2. The number of anilines is 1. The van der Waals surface area contributed by atoms with Crippen molar-refractivity contribution in [1.29, 1.82) is 5.26 Å². The zero-order valence-electron chi connectivity index (χ0n) is 13.6. The first kappa shape index (κ1) is 15.2. The molecule has 118 valence electrons. The highest BCUT2D eigenvalue weighted by Gasteiger charge is 2.22. The molecule has 2 aromatic rings. The van der Waals surface area contributed by atoms with Crippen molar-refractivity contribution in [3.63, 3.8) is 0 Å². The zero-order valence-corrected chi connectivity index (χ0v) is 13.6. The lowest BCUT2D eigenvalue weighted by Crippen LogP contribution is -2.31. The van der Waals surface area contributed by atoms with Gasteiger partial charge in [-0.25, -0.2) is 4.98 Å². The van der Waals surface area contributed by atoms with Gasteiger partial charge in [-0.05, 0) is 48.7 Å². The van der Waals surface area contributed by atoms with Crippen LogP contribution in [0.2, 0.25) is 0 Å². The van der Waals surface area contributed by atoms with Crippen LogP contribution in [-0.2, 0) is 13.0 Å². The number of nitriles is 1. The van der Waals surface area contributed by atoms with Crippen molar-refractivity contribution < 1.29 is 9.47 Å². The molecule has 5 nitrogen and oxygen atoms in total. The van der Waals surface area contributed by atoms with Crippen molar-refractivity contribution in [3.05, 3.63) is 46.6 Å². The van der Waals surface area contributed by atoms with Crippen LogP contribution >= 0.6 is 0 Å². The van der Waals surface area contributed by atoms with Gasteiger partial charge in [-0.15, -0.1) is 0 Å². The quantitative estimate of drug-likeness (QED) is 0.872. The second-order valence-electron chi connectivity index (χ2n) is 5.58. The molecular weight excluding hydrogens is 290 g/mol. The summed E-state index contributed by atoms with van der Waals surface area (Å²) in [5.41, 5.74) is 3.96. The fraction of sp³-hybridized carbons (Fsp3) is 0.333. The number of aryl methyl sites for hydroxylation is 1. The molecular formula is C18H19N3O2. The van der Waals surface area contributed by atoms with Gasteiger partial charge in [0.25, 0.3) is 0 Å². The van der Waals surface area contributed by atoms with Crippen LogP contribution in [-0.4, -0.2) is 25.7 Å². The number of rotatable bonds is 3. The van der Waals surface area contributed by atoms with Crippen LogP contribution in [0.4, 0.5) is 5.82 Å². The topological polar surface area (TPSA) is 58.4 Å². The Kier molecular flexibility index (Phi) is 4.07. The standard InChI is InChI=1S/C18H19N3O2/c1-12-4-5-14(10-19)18(20-12)21-7-6-13-8-16(22-2)17(23-3)9-15(13)11-21/h4-5,8-9H,6-7,11H2,1-3H3. The first-order chi connectivity index (χ1) is 11.2. The molecule has 0 spiro atoms. The molecule has 2 heterocycles. The molecule has 0 saturated carbocycles. The van der Waals surface area contributed by atoms with Gasteiger partial charge < -0.3 is 14.4 Å². The van der Waals surface area contributed by atoms with E-state index in [1.165, 1.54) is 11.1 Å². The fourth-order valence-electron chi connectivity index (χ4n) is 2.94. The summed E-state index contributed by atoms with van der Waals surface area (Å²) in [5, 5.41) is 9.33. The van der Waals surface area contributed by atoms with Gasteiger partial charge in [0.2, 0.25) is 0 Å². The third kappa shape index (κ3) is 2.80. The third-order valence-corrected chi connectivity index (χ3v) is 4.15. The van der Waals surface area contributed by atoms with Crippen molar-refractivity contribution in [2.24, 2.45) is 0 Å². The molecule has 0 fully saturated rings. The van der Waals surface area contributed by atoms with Gasteiger partial charge in [-0.1, -0.05) is 0 Å². The average molecular weight is 309 g/mol. The van der Waals surface area contributed by atoms with Crippen molar-refractivity contribution in [2.45, 2.75) is 19.9 Å². The first-order valence-corrected chi connectivity index (χ1v) is 7.52. The Morgan fingerprint density at radius 1 is 1.13 bits per heavy atom. The monoisotopic (exact) mass is 309 g/mol. The smallest absolute Gasteiger partial charge is 0.161 e. The lowest BCUT2D eigenvalue weighted by Gasteiger charge is -2.31. The summed E-state index contributed by atoms with van der Waals surface area (Å²) in [6, 6.07) is 10.00. The van der Waals surface area contributed by atoms with Gasteiger partial charge in [0.1, 0.15) is 11.9 Å². The number of ether oxygens (including phenoxy) is 2. The van der Waals surface area contributed by atoms with Gasteiger partial charge in [-0.3, -0.25) is 0 Å². The van der Waals surface area contributed by atoms with Crippen LogP contribution in [0.15, 0.2) is 24.3 Å². The minimum atomic E-state index is 0.611. The summed E-state index contributed by atoms with van der Waals surface area (Å²) in [4.78, 5) is 6.72. The number of aromatic nitrogens is 1. The van der Waals surface area contributed by atoms with Gasteiger partial charge in [0, 0.05) is 18.8 Å². The summed E-state index contributed by atoms with van der Waals surface area (Å²) in [7, 11) is 3.29. The largest absolute Gasteiger partial charge is 0.493 e. The lowest BCUT2D eigenvalue weighted by molar-refractivity contribution is 0.353. The molecule has 0 unspecified atom stereocenters. The van der Waals surface area contributed by atoms with Gasteiger partial charge in [0.15, 0.2) is 11.5 Å². The SMILES string of the molecule is COc1cc2c(cc1OC)CN(c1nc(C)ccc1C#N)CC2. The van der Waals surface area contributed by atoms with E-state index >= 15 is 0 Å². The summed E-state index contributed by atoms with van der Waals surface area (Å²) in [6.07, 6.45) is 0.885. The van der Waals surface area contributed by atoms with Gasteiger partial charge >= 0.3 is 0 Å². The second-order valence-corrected chi connectivity index (χ2v) is 5.58. The van der Waals surface area contributed by atoms with E-state index < -0.39 is 0 Å². The van der Waals surface area contributed by atoms with Crippen LogP contribution in [0.3, 0.4) is 0 Å². The predicted octanol–water partition coefficient (Wildman–Crippen LogP) is 2.84. The molecule has 3 rings (SSSR count). The van der Waals surface area contributed by atoms with Crippen LogP contribution in [0.5, 0.6) is 11.5 Å². The Bertz CT molecular complexity index is 781. The number of hydrogen-bond acceptors (Lipinski definition) is 5. The Morgan fingerprint density at radius 3 is 2.48 bits per heavy atom. The molecule has 0 aliphatic carbocycles. The van der Waals surface area contributed by atoms with E-state index in [1.54, 1.807) is 14.2 Å². The minimum absolute atomic E-state index is 0.611. The van der Waals surface area contributed by atoms with Crippen LogP contribution in [0.1, 0.15) is 22.4 Å². The molecule has 0 bridgehead atoms. The summed E-state index contributed by atoms with van der Waals surface area (Å²) >= 11 is 0. The van der Waals surface area contributed by atoms with E-state index in [0.717, 1.165) is 36.0 Å². The van der Waals surface area contributed by atoms with Crippen LogP contribution in [0.25, 0.3) is 0 Å². The maximum atomic E-state index is 9.33. The molecule has 0 N–H and O–H groups in total. The maximum Gasteiger partial charge on any atom is 0.161 e. The van der Waals surface area contributed by atoms with Crippen molar-refractivity contribution in [1.82, 2.24) is 4.98 Å². The Hall–Kier alpha value is -2.74. The fourth-order valence-corrected chi connectivity index (χ4v) is 2.94. The molecule has 0 saturated heterocycles. The van der Waals surface area contributed by atoms with E-state index in [0.29, 0.717) is 12.1 Å². The van der Waals surface area contributed by atoms with E-state index in [9.17, 15) is 5.26 Å². The number of fused-ring (bicyclic) bond motifs is 1. The van der Waals surface area contributed by atoms with Crippen LogP contribution in [0, 0.1) is 18.3 Å². The van der Waals surface area contributed by atoms with E-state index in [4.69, 9.17) is 9.47 Å². The van der Waals surface area contributed by atoms with Crippen molar-refractivity contribution in [2.75, 3.05) is 25.7 Å². The summed E-state index contributed by atoms with van der Waals surface area (Å²) in [6.45, 7) is 3.48. The normalized spacial score (nSPS) is 13.2. The van der Waals surface area contributed by atoms with E-state index in [1.807, 2.05) is 31.2 Å². The highest BCUT2D eigenvalue weighted by Crippen LogP contribution is 2.34. The van der Waals surface area contributed by atoms with Crippen molar-refractivity contribution in [3.8, 4) is 17.6 Å². The van der Waals surface area contributed by atoms with Gasteiger partial charge in [-0.2, -0.15) is 5.26 Å². The van der Waals surface area contributed by atoms with Crippen molar-refractivity contribution >= 4 is 5.82 Å². The Morgan fingerprint density at radius 2 is 1.83 bits per heavy atom. The number of nitrogens with zero attached hydrogens (tertiary/aromatic N) is 3. The zero-order chi connectivity index (χ0) is 16.4. The molecule has 5 heteroatoms. The minimum Gasteiger partial charge on any atom is -0.493 e.